The SMILES string of the molecule is Cc1ccc2c(c1)c(=O)cc(C(F)(F)F)n2C[C@H](C)NC(=O)c1ccco1. The van der Waals surface area contributed by atoms with Gasteiger partial charge in [0.15, 0.2) is 11.2 Å². The fourth-order valence-electron chi connectivity index (χ4n) is 2.95. The molecule has 3 aromatic rings. The number of halogens is 3. The number of nitrogens with one attached hydrogen (secondary N) is 1. The molecule has 0 saturated carbocycles. The lowest BCUT2D eigenvalue weighted by Crippen LogP contribution is -2.37. The van der Waals surface area contributed by atoms with E-state index in [-0.39, 0.29) is 23.2 Å². The number of carbonyl (C=O) groups is 1. The molecular formula is C19H17F3N2O3. The van der Waals surface area contributed by atoms with Crippen LogP contribution in [0.15, 0.2) is 51.9 Å². The zero-order chi connectivity index (χ0) is 19.8. The number of alkyl halides is 3. The fraction of sp³-hybridized carbons (Fsp3) is 0.263. The van der Waals surface area contributed by atoms with E-state index in [2.05, 4.69) is 5.32 Å². The van der Waals surface area contributed by atoms with E-state index in [1.54, 1.807) is 32.0 Å². The highest BCUT2D eigenvalue weighted by Crippen LogP contribution is 2.30. The van der Waals surface area contributed by atoms with Gasteiger partial charge in [-0.25, -0.2) is 0 Å². The molecule has 2 heterocycles. The van der Waals surface area contributed by atoms with E-state index in [0.717, 1.165) is 10.1 Å². The van der Waals surface area contributed by atoms with Crippen LogP contribution in [0.4, 0.5) is 13.2 Å². The molecule has 1 amide bonds. The Morgan fingerprint density at radius 3 is 2.63 bits per heavy atom. The Hall–Kier alpha value is -3.03. The highest BCUT2D eigenvalue weighted by atomic mass is 19.4. The minimum atomic E-state index is -4.71. The zero-order valence-corrected chi connectivity index (χ0v) is 14.6. The Morgan fingerprint density at radius 1 is 1.26 bits per heavy atom. The number of carbonyl (C=O) groups excluding carboxylic acids is 1. The molecule has 0 radical (unpaired) electrons. The second kappa shape index (κ2) is 6.94. The van der Waals surface area contributed by atoms with Crippen molar-refractivity contribution >= 4 is 16.8 Å². The number of aromatic nitrogens is 1. The first-order valence-electron chi connectivity index (χ1n) is 8.22. The summed E-state index contributed by atoms with van der Waals surface area (Å²) in [5.74, 6) is -0.458. The van der Waals surface area contributed by atoms with E-state index in [1.165, 1.54) is 18.4 Å². The Bertz CT molecular complexity index is 1040. The summed E-state index contributed by atoms with van der Waals surface area (Å²) < 4.78 is 46.5. The van der Waals surface area contributed by atoms with E-state index in [0.29, 0.717) is 6.07 Å². The summed E-state index contributed by atoms with van der Waals surface area (Å²) in [6.07, 6.45) is -3.37. The largest absolute Gasteiger partial charge is 0.459 e. The van der Waals surface area contributed by atoms with Gasteiger partial charge in [0.1, 0.15) is 5.69 Å². The first kappa shape index (κ1) is 18.8. The minimum Gasteiger partial charge on any atom is -0.459 e. The number of hydrogen-bond donors (Lipinski definition) is 1. The number of amides is 1. The quantitative estimate of drug-likeness (QED) is 0.752. The van der Waals surface area contributed by atoms with Gasteiger partial charge in [-0.2, -0.15) is 13.2 Å². The van der Waals surface area contributed by atoms with Gasteiger partial charge >= 0.3 is 6.18 Å². The summed E-state index contributed by atoms with van der Waals surface area (Å²) in [4.78, 5) is 24.2. The molecule has 0 saturated heterocycles. The summed E-state index contributed by atoms with van der Waals surface area (Å²) in [6.45, 7) is 3.17. The smallest absolute Gasteiger partial charge is 0.431 e. The Labute approximate surface area is 152 Å². The van der Waals surface area contributed by atoms with Gasteiger partial charge in [0.25, 0.3) is 5.91 Å². The second-order valence-electron chi connectivity index (χ2n) is 6.37. The Balaban J connectivity index is 2.02. The van der Waals surface area contributed by atoms with Gasteiger partial charge in [0.2, 0.25) is 0 Å². The lowest BCUT2D eigenvalue weighted by atomic mass is 10.1. The minimum absolute atomic E-state index is 0.0679. The van der Waals surface area contributed by atoms with Crippen LogP contribution >= 0.6 is 0 Å². The third-order valence-corrected chi connectivity index (χ3v) is 4.14. The van der Waals surface area contributed by atoms with E-state index in [1.807, 2.05) is 0 Å². The summed E-state index contributed by atoms with van der Waals surface area (Å²) in [5.41, 5.74) is -0.808. The van der Waals surface area contributed by atoms with Crippen LogP contribution in [-0.2, 0) is 12.7 Å². The van der Waals surface area contributed by atoms with Crippen LogP contribution in [0.3, 0.4) is 0 Å². The van der Waals surface area contributed by atoms with Gasteiger partial charge in [-0.15, -0.1) is 0 Å². The van der Waals surface area contributed by atoms with Gasteiger partial charge in [0.05, 0.1) is 11.8 Å². The van der Waals surface area contributed by atoms with E-state index >= 15 is 0 Å². The maximum absolute atomic E-state index is 13.5. The van der Waals surface area contributed by atoms with Crippen LogP contribution in [0.1, 0.15) is 28.7 Å². The van der Waals surface area contributed by atoms with Gasteiger partial charge in [-0.3, -0.25) is 9.59 Å². The molecular weight excluding hydrogens is 361 g/mol. The molecule has 142 valence electrons. The van der Waals surface area contributed by atoms with Crippen LogP contribution in [0, 0.1) is 6.92 Å². The molecule has 3 rings (SSSR count). The van der Waals surface area contributed by atoms with E-state index in [9.17, 15) is 22.8 Å². The average molecular weight is 378 g/mol. The van der Waals surface area contributed by atoms with Gasteiger partial charge in [0, 0.05) is 24.0 Å². The molecule has 0 spiro atoms. The third kappa shape index (κ3) is 3.89. The summed E-state index contributed by atoms with van der Waals surface area (Å²) >= 11 is 0. The molecule has 0 aliphatic heterocycles. The zero-order valence-electron chi connectivity index (χ0n) is 14.6. The lowest BCUT2D eigenvalue weighted by molar-refractivity contribution is -0.143. The number of rotatable bonds is 4. The average Bonchev–Trinajstić information content (AvgIpc) is 3.11. The summed E-state index contributed by atoms with van der Waals surface area (Å²) in [7, 11) is 0. The monoisotopic (exact) mass is 378 g/mol. The van der Waals surface area contributed by atoms with E-state index in [4.69, 9.17) is 4.42 Å². The molecule has 5 nitrogen and oxygen atoms in total. The standard InChI is InChI=1S/C19H17F3N2O3/c1-11-5-6-14-13(8-11)15(25)9-17(19(20,21)22)24(14)10-12(2)23-18(26)16-4-3-7-27-16/h3-9,12H,10H2,1-2H3,(H,23,26)/t12-/m0/s1. The first-order chi connectivity index (χ1) is 12.7. The number of furan rings is 1. The predicted molar refractivity (Wildman–Crippen MR) is 93.6 cm³/mol. The molecule has 27 heavy (non-hydrogen) atoms. The molecule has 0 fully saturated rings. The van der Waals surface area contributed by atoms with Crippen LogP contribution < -0.4 is 10.7 Å². The van der Waals surface area contributed by atoms with Crippen molar-refractivity contribution < 1.29 is 22.4 Å². The van der Waals surface area contributed by atoms with Crippen LogP contribution in [0.2, 0.25) is 0 Å². The van der Waals surface area contributed by atoms with Crippen LogP contribution in [0.5, 0.6) is 0 Å². The maximum Gasteiger partial charge on any atom is 0.431 e. The lowest BCUT2D eigenvalue weighted by Gasteiger charge is -2.22. The first-order valence-corrected chi connectivity index (χ1v) is 8.22. The topological polar surface area (TPSA) is 64.2 Å². The molecule has 0 unspecified atom stereocenters. The highest BCUT2D eigenvalue weighted by molar-refractivity contribution is 5.91. The molecule has 1 atom stereocenters. The highest BCUT2D eigenvalue weighted by Gasteiger charge is 2.35. The second-order valence-corrected chi connectivity index (χ2v) is 6.37. The molecule has 0 aliphatic carbocycles. The van der Waals surface area contributed by atoms with Crippen molar-refractivity contribution in [2.75, 3.05) is 0 Å². The van der Waals surface area contributed by atoms with Gasteiger partial charge < -0.3 is 14.3 Å². The maximum atomic E-state index is 13.5. The van der Waals surface area contributed by atoms with Crippen molar-refractivity contribution in [3.63, 3.8) is 0 Å². The molecule has 1 aromatic carbocycles. The molecule has 1 N–H and O–H groups in total. The molecule has 2 aromatic heterocycles. The van der Waals surface area contributed by atoms with Gasteiger partial charge in [-0.05, 0) is 38.1 Å². The number of aryl methyl sites for hydroxylation is 1. The van der Waals surface area contributed by atoms with Crippen LogP contribution in [-0.4, -0.2) is 16.5 Å². The number of nitrogens with zero attached hydrogens (tertiary/aromatic N) is 1. The van der Waals surface area contributed by atoms with Crippen molar-refractivity contribution in [3.05, 3.63) is 69.9 Å². The van der Waals surface area contributed by atoms with Gasteiger partial charge in [-0.1, -0.05) is 11.6 Å². The number of benzene rings is 1. The van der Waals surface area contributed by atoms with Crippen molar-refractivity contribution in [2.45, 2.75) is 32.6 Å². The normalized spacial score (nSPS) is 12.9. The number of hydrogen-bond acceptors (Lipinski definition) is 3. The van der Waals surface area contributed by atoms with E-state index < -0.39 is 29.2 Å². The van der Waals surface area contributed by atoms with Crippen molar-refractivity contribution in [1.82, 2.24) is 9.88 Å². The Kier molecular flexibility index (Phi) is 4.82. The van der Waals surface area contributed by atoms with Crippen molar-refractivity contribution in [2.24, 2.45) is 0 Å². The molecule has 0 aliphatic rings. The summed E-state index contributed by atoms with van der Waals surface area (Å²) in [6, 6.07) is 7.64. The Morgan fingerprint density at radius 2 is 2.00 bits per heavy atom. The number of pyridine rings is 1. The predicted octanol–water partition coefficient (Wildman–Crippen LogP) is 3.74. The molecule has 8 heteroatoms. The summed E-state index contributed by atoms with van der Waals surface area (Å²) in [5, 5.41) is 2.80. The number of fused-ring (bicyclic) bond motifs is 1. The fourth-order valence-corrected chi connectivity index (χ4v) is 2.95. The molecule has 0 bridgehead atoms. The van der Waals surface area contributed by atoms with Crippen LogP contribution in [0.25, 0.3) is 10.9 Å². The third-order valence-electron chi connectivity index (χ3n) is 4.14. The van der Waals surface area contributed by atoms with Crippen molar-refractivity contribution in [3.8, 4) is 0 Å². The van der Waals surface area contributed by atoms with Crippen molar-refractivity contribution in [1.29, 1.82) is 0 Å².